The molecular formula is C24H18N2O2S. The van der Waals surface area contributed by atoms with Crippen LogP contribution in [0.25, 0.3) is 11.3 Å². The highest BCUT2D eigenvalue weighted by molar-refractivity contribution is 7.09. The van der Waals surface area contributed by atoms with Crippen molar-refractivity contribution in [1.82, 2.24) is 4.98 Å². The second-order valence-corrected chi connectivity index (χ2v) is 7.96. The fraction of sp³-hybridized carbons (Fsp3) is 0.0833. The van der Waals surface area contributed by atoms with E-state index in [0.29, 0.717) is 0 Å². The van der Waals surface area contributed by atoms with Gasteiger partial charge >= 0.3 is 0 Å². The summed E-state index contributed by atoms with van der Waals surface area (Å²) in [5.41, 5.74) is 4.27. The van der Waals surface area contributed by atoms with Crippen molar-refractivity contribution in [2.75, 3.05) is 5.32 Å². The molecule has 5 rings (SSSR count). The number of thiazole rings is 1. The molecule has 3 aromatic carbocycles. The van der Waals surface area contributed by atoms with Crippen molar-refractivity contribution in [3.05, 3.63) is 94.3 Å². The predicted octanol–water partition coefficient (Wildman–Crippen LogP) is 5.99. The maximum Gasteiger partial charge on any atom is 0.236 e. The number of nitrogens with one attached hydrogen (secondary N) is 1. The first-order valence-electron chi connectivity index (χ1n) is 9.39. The van der Waals surface area contributed by atoms with Crippen LogP contribution in [0.4, 0.5) is 5.69 Å². The van der Waals surface area contributed by atoms with Crippen LogP contribution in [0.15, 0.2) is 78.2 Å². The molecule has 0 fully saturated rings. The second-order valence-electron chi connectivity index (χ2n) is 6.90. The summed E-state index contributed by atoms with van der Waals surface area (Å²) in [6.45, 7) is 1.98. The van der Waals surface area contributed by atoms with Gasteiger partial charge in [-0.2, -0.15) is 0 Å². The van der Waals surface area contributed by atoms with Gasteiger partial charge in [-0.05, 0) is 25.1 Å². The Hall–Kier alpha value is -3.44. The summed E-state index contributed by atoms with van der Waals surface area (Å²) in [5.74, 6) is 0.901. The lowest BCUT2D eigenvalue weighted by Gasteiger charge is -2.27. The first kappa shape index (κ1) is 17.6. The van der Waals surface area contributed by atoms with E-state index >= 15 is 0 Å². The number of aromatic nitrogens is 1. The molecule has 0 unspecified atom stereocenters. The van der Waals surface area contributed by atoms with E-state index in [-0.39, 0.29) is 5.91 Å². The second kappa shape index (κ2) is 7.18. The third-order valence-corrected chi connectivity index (χ3v) is 5.80. The highest BCUT2D eigenvalue weighted by Crippen LogP contribution is 2.44. The van der Waals surface area contributed by atoms with Gasteiger partial charge in [0, 0.05) is 22.1 Å². The first-order valence-corrected chi connectivity index (χ1v) is 10.3. The van der Waals surface area contributed by atoms with Crippen molar-refractivity contribution in [2.45, 2.75) is 12.8 Å². The summed E-state index contributed by atoms with van der Waals surface area (Å²) in [6, 6.07) is 23.2. The van der Waals surface area contributed by atoms with Gasteiger partial charge in [-0.3, -0.25) is 4.79 Å². The number of anilines is 1. The maximum atomic E-state index is 13.5. The fourth-order valence-electron chi connectivity index (χ4n) is 3.70. The van der Waals surface area contributed by atoms with Crippen LogP contribution in [0, 0.1) is 6.92 Å². The van der Waals surface area contributed by atoms with Crippen molar-refractivity contribution in [1.29, 1.82) is 0 Å². The molecule has 0 bridgehead atoms. The molecule has 0 aliphatic carbocycles. The topological polar surface area (TPSA) is 51.2 Å². The van der Waals surface area contributed by atoms with E-state index in [2.05, 4.69) is 10.3 Å². The van der Waals surface area contributed by atoms with Crippen molar-refractivity contribution in [3.63, 3.8) is 0 Å². The third kappa shape index (κ3) is 3.19. The van der Waals surface area contributed by atoms with E-state index < -0.39 is 5.92 Å². The summed E-state index contributed by atoms with van der Waals surface area (Å²) in [5, 5.41) is 6.15. The number of ether oxygens (including phenoxy) is 1. The van der Waals surface area contributed by atoms with Crippen LogP contribution >= 0.6 is 11.3 Å². The van der Waals surface area contributed by atoms with Crippen LogP contribution in [0.3, 0.4) is 0 Å². The number of rotatable bonds is 3. The van der Waals surface area contributed by atoms with Gasteiger partial charge in [0.2, 0.25) is 5.91 Å². The van der Waals surface area contributed by atoms with Crippen LogP contribution in [0.5, 0.6) is 11.5 Å². The standard InChI is InChI=1S/C24H18N2O2S/c1-15-25-20(14-29-15)16-8-2-5-11-19(16)26-24(27)23-17-9-3-6-12-21(17)28-22-13-7-4-10-18(22)23/h2-14,23H,1H3,(H,26,27). The maximum absolute atomic E-state index is 13.5. The molecule has 2 heterocycles. The number of carbonyl (C=O) groups is 1. The average molecular weight is 398 g/mol. The van der Waals surface area contributed by atoms with Crippen molar-refractivity contribution in [2.24, 2.45) is 0 Å². The van der Waals surface area contributed by atoms with Gasteiger partial charge in [-0.25, -0.2) is 4.98 Å². The van der Waals surface area contributed by atoms with Gasteiger partial charge in [-0.15, -0.1) is 11.3 Å². The Morgan fingerprint density at radius 1 is 0.931 bits per heavy atom. The Bertz CT molecular complexity index is 1170. The van der Waals surface area contributed by atoms with Crippen LogP contribution in [-0.4, -0.2) is 10.9 Å². The van der Waals surface area contributed by atoms with E-state index in [1.54, 1.807) is 11.3 Å². The van der Waals surface area contributed by atoms with Gasteiger partial charge < -0.3 is 10.1 Å². The average Bonchev–Trinajstić information content (AvgIpc) is 3.18. The van der Waals surface area contributed by atoms with Crippen molar-refractivity contribution < 1.29 is 9.53 Å². The molecule has 4 aromatic rings. The van der Waals surface area contributed by atoms with E-state index in [0.717, 1.165) is 44.6 Å². The van der Waals surface area contributed by atoms with Crippen molar-refractivity contribution in [3.8, 4) is 22.8 Å². The molecule has 0 saturated carbocycles. The molecule has 0 radical (unpaired) electrons. The molecule has 1 aliphatic heterocycles. The Morgan fingerprint density at radius 2 is 1.55 bits per heavy atom. The number of hydrogen-bond donors (Lipinski definition) is 1. The van der Waals surface area contributed by atoms with Gasteiger partial charge in [0.1, 0.15) is 11.5 Å². The van der Waals surface area contributed by atoms with Crippen LogP contribution in [0.1, 0.15) is 22.1 Å². The molecule has 1 amide bonds. The van der Waals surface area contributed by atoms with Gasteiger partial charge in [0.15, 0.2) is 0 Å². The fourth-order valence-corrected chi connectivity index (χ4v) is 4.31. The minimum atomic E-state index is -0.443. The SMILES string of the molecule is Cc1nc(-c2ccccc2NC(=O)C2c3ccccc3Oc3ccccc32)cs1. The molecular weight excluding hydrogens is 380 g/mol. The van der Waals surface area contributed by atoms with E-state index in [1.807, 2.05) is 85.1 Å². The number of nitrogens with zero attached hydrogens (tertiary/aromatic N) is 1. The van der Waals surface area contributed by atoms with Gasteiger partial charge in [0.25, 0.3) is 0 Å². The quantitative estimate of drug-likeness (QED) is 0.461. The molecule has 142 valence electrons. The zero-order valence-electron chi connectivity index (χ0n) is 15.8. The molecule has 1 N–H and O–H groups in total. The Labute approximate surface area is 172 Å². The number of aryl methyl sites for hydroxylation is 1. The molecule has 1 aromatic heterocycles. The lowest BCUT2D eigenvalue weighted by atomic mass is 9.87. The minimum absolute atomic E-state index is 0.0902. The zero-order valence-corrected chi connectivity index (χ0v) is 16.6. The number of fused-ring (bicyclic) bond motifs is 2. The number of carbonyl (C=O) groups excluding carboxylic acids is 1. The number of hydrogen-bond acceptors (Lipinski definition) is 4. The third-order valence-electron chi connectivity index (χ3n) is 5.02. The monoisotopic (exact) mass is 398 g/mol. The summed E-state index contributed by atoms with van der Waals surface area (Å²) in [7, 11) is 0. The summed E-state index contributed by atoms with van der Waals surface area (Å²) < 4.78 is 6.02. The van der Waals surface area contributed by atoms with Crippen LogP contribution in [0.2, 0.25) is 0 Å². The summed E-state index contributed by atoms with van der Waals surface area (Å²) in [6.07, 6.45) is 0. The molecule has 5 heteroatoms. The normalized spacial score (nSPS) is 12.6. The highest BCUT2D eigenvalue weighted by Gasteiger charge is 2.32. The Balaban J connectivity index is 1.55. The molecule has 1 aliphatic rings. The van der Waals surface area contributed by atoms with Crippen molar-refractivity contribution >= 4 is 22.9 Å². The van der Waals surface area contributed by atoms with Crippen LogP contribution < -0.4 is 10.1 Å². The first-order chi connectivity index (χ1) is 14.2. The van der Waals surface area contributed by atoms with Gasteiger partial charge in [-0.1, -0.05) is 54.6 Å². The summed E-state index contributed by atoms with van der Waals surface area (Å²) in [4.78, 5) is 18.1. The van der Waals surface area contributed by atoms with Crippen LogP contribution in [-0.2, 0) is 4.79 Å². The molecule has 4 nitrogen and oxygen atoms in total. The smallest absolute Gasteiger partial charge is 0.236 e. The lowest BCUT2D eigenvalue weighted by molar-refractivity contribution is -0.116. The van der Waals surface area contributed by atoms with Gasteiger partial charge in [0.05, 0.1) is 22.3 Å². The lowest BCUT2D eigenvalue weighted by Crippen LogP contribution is -2.25. The Morgan fingerprint density at radius 3 is 2.21 bits per heavy atom. The number of benzene rings is 3. The Kier molecular flexibility index (Phi) is 4.37. The number of para-hydroxylation sites is 3. The predicted molar refractivity (Wildman–Crippen MR) is 116 cm³/mol. The minimum Gasteiger partial charge on any atom is -0.457 e. The number of amides is 1. The molecule has 0 spiro atoms. The zero-order chi connectivity index (χ0) is 19.8. The molecule has 29 heavy (non-hydrogen) atoms. The molecule has 0 atom stereocenters. The van der Waals surface area contributed by atoms with E-state index in [4.69, 9.17) is 4.74 Å². The summed E-state index contributed by atoms with van der Waals surface area (Å²) >= 11 is 1.60. The highest BCUT2D eigenvalue weighted by atomic mass is 32.1. The molecule has 0 saturated heterocycles. The van der Waals surface area contributed by atoms with E-state index in [9.17, 15) is 4.79 Å². The van der Waals surface area contributed by atoms with E-state index in [1.165, 1.54) is 0 Å². The largest absolute Gasteiger partial charge is 0.457 e.